The molecule has 24 heavy (non-hydrogen) atoms. The van der Waals surface area contributed by atoms with Crippen LogP contribution >= 0.6 is 35.1 Å². The van der Waals surface area contributed by atoms with Gasteiger partial charge >= 0.3 is 0 Å². The molecule has 1 aliphatic rings. The minimum atomic E-state index is -0.438. The molecule has 0 spiro atoms. The lowest BCUT2D eigenvalue weighted by atomic mass is 10.2. The van der Waals surface area contributed by atoms with Crippen molar-refractivity contribution in [2.24, 2.45) is 0 Å². The molecule has 0 saturated carbocycles. The minimum Gasteiger partial charge on any atom is -0.335 e. The quantitative estimate of drug-likeness (QED) is 0.684. The van der Waals surface area contributed by atoms with Gasteiger partial charge in [-0.1, -0.05) is 6.07 Å². The van der Waals surface area contributed by atoms with E-state index < -0.39 is 5.91 Å². The van der Waals surface area contributed by atoms with Crippen molar-refractivity contribution in [3.05, 3.63) is 40.2 Å². The van der Waals surface area contributed by atoms with Crippen LogP contribution < -0.4 is 10.6 Å². The van der Waals surface area contributed by atoms with Crippen LogP contribution in [-0.2, 0) is 9.59 Å². The van der Waals surface area contributed by atoms with E-state index in [1.165, 1.54) is 11.3 Å². The van der Waals surface area contributed by atoms with Crippen molar-refractivity contribution in [2.45, 2.75) is 6.92 Å². The summed E-state index contributed by atoms with van der Waals surface area (Å²) in [5.74, 6) is 0.304. The van der Waals surface area contributed by atoms with Gasteiger partial charge in [0.05, 0.1) is 10.3 Å². The lowest BCUT2D eigenvalue weighted by molar-refractivity contribution is -0.124. The molecule has 4 rings (SSSR count). The van der Waals surface area contributed by atoms with E-state index in [0.717, 1.165) is 15.1 Å². The standard InChI is InChI=1S/C15H10N4O2S2.ClH/c1-7-10(14(21)19-13(7)20)16-11-8-4-6-23-15(8)18-12(17-11)9-3-2-5-22-9;/h2-6H,1H3,(H2,16,17,18,19,20,21);1H. The van der Waals surface area contributed by atoms with Gasteiger partial charge in [0.25, 0.3) is 11.8 Å². The Morgan fingerprint density at radius 2 is 1.92 bits per heavy atom. The number of carbonyl (C=O) groups excluding carboxylic acids is 2. The van der Waals surface area contributed by atoms with E-state index in [1.807, 2.05) is 29.0 Å². The Hall–Kier alpha value is -2.29. The van der Waals surface area contributed by atoms with Crippen molar-refractivity contribution < 1.29 is 9.59 Å². The first kappa shape index (κ1) is 16.6. The second kappa shape index (κ2) is 6.31. The van der Waals surface area contributed by atoms with E-state index >= 15 is 0 Å². The van der Waals surface area contributed by atoms with Gasteiger partial charge in [-0.3, -0.25) is 14.9 Å². The molecular weight excluding hydrogens is 368 g/mol. The Morgan fingerprint density at radius 3 is 2.58 bits per heavy atom. The van der Waals surface area contributed by atoms with Crippen molar-refractivity contribution in [1.29, 1.82) is 0 Å². The monoisotopic (exact) mass is 378 g/mol. The molecule has 0 saturated heterocycles. The number of imide groups is 1. The number of hydrogen-bond acceptors (Lipinski definition) is 7. The van der Waals surface area contributed by atoms with Gasteiger partial charge in [-0.15, -0.1) is 35.1 Å². The van der Waals surface area contributed by atoms with Crippen LogP contribution in [0.2, 0.25) is 0 Å². The average Bonchev–Trinajstić information content (AvgIpc) is 3.25. The summed E-state index contributed by atoms with van der Waals surface area (Å²) in [6.07, 6.45) is 0. The predicted molar refractivity (Wildman–Crippen MR) is 97.4 cm³/mol. The zero-order valence-electron chi connectivity index (χ0n) is 12.3. The van der Waals surface area contributed by atoms with Gasteiger partial charge < -0.3 is 5.32 Å². The predicted octanol–water partition coefficient (Wildman–Crippen LogP) is 3.18. The summed E-state index contributed by atoms with van der Waals surface area (Å²) >= 11 is 3.05. The fourth-order valence-electron chi connectivity index (χ4n) is 2.28. The third-order valence-corrected chi connectivity index (χ3v) is 5.15. The summed E-state index contributed by atoms with van der Waals surface area (Å²) < 4.78 is 0. The van der Waals surface area contributed by atoms with Crippen molar-refractivity contribution in [3.63, 3.8) is 0 Å². The molecule has 0 bridgehead atoms. The second-order valence-electron chi connectivity index (χ2n) is 4.92. The molecule has 0 unspecified atom stereocenters. The van der Waals surface area contributed by atoms with E-state index in [4.69, 9.17) is 0 Å². The van der Waals surface area contributed by atoms with Crippen LogP contribution in [0.15, 0.2) is 40.2 Å². The summed E-state index contributed by atoms with van der Waals surface area (Å²) in [6, 6.07) is 5.77. The molecule has 0 aromatic carbocycles. The van der Waals surface area contributed by atoms with Crippen LogP contribution in [0.25, 0.3) is 20.9 Å². The van der Waals surface area contributed by atoms with Gasteiger partial charge in [-0.25, -0.2) is 9.97 Å². The first-order valence-corrected chi connectivity index (χ1v) is 8.52. The third kappa shape index (κ3) is 2.68. The zero-order valence-corrected chi connectivity index (χ0v) is 14.8. The van der Waals surface area contributed by atoms with E-state index in [9.17, 15) is 9.59 Å². The molecule has 0 radical (unpaired) electrons. The molecule has 6 nitrogen and oxygen atoms in total. The maximum atomic E-state index is 11.9. The number of hydrogen-bond donors (Lipinski definition) is 2. The smallest absolute Gasteiger partial charge is 0.275 e. The fourth-order valence-corrected chi connectivity index (χ4v) is 3.70. The van der Waals surface area contributed by atoms with E-state index in [0.29, 0.717) is 17.2 Å². The number of thiophene rings is 2. The Kier molecular flexibility index (Phi) is 4.35. The van der Waals surface area contributed by atoms with Crippen LogP contribution in [0.5, 0.6) is 0 Å². The molecule has 2 N–H and O–H groups in total. The maximum Gasteiger partial charge on any atom is 0.275 e. The molecular formula is C15H11ClN4O2S2. The maximum absolute atomic E-state index is 11.9. The Labute approximate surface area is 151 Å². The lowest BCUT2D eigenvalue weighted by Crippen LogP contribution is -2.24. The number of anilines is 1. The molecule has 4 heterocycles. The van der Waals surface area contributed by atoms with Gasteiger partial charge in [-0.2, -0.15) is 0 Å². The molecule has 0 atom stereocenters. The minimum absolute atomic E-state index is 0. The number of aromatic nitrogens is 2. The number of rotatable bonds is 3. The second-order valence-corrected chi connectivity index (χ2v) is 6.76. The van der Waals surface area contributed by atoms with Crippen LogP contribution in [0, 0.1) is 0 Å². The van der Waals surface area contributed by atoms with Gasteiger partial charge in [-0.05, 0) is 29.8 Å². The summed E-state index contributed by atoms with van der Waals surface area (Å²) in [5, 5.41) is 9.98. The highest BCUT2D eigenvalue weighted by Crippen LogP contribution is 2.31. The first-order valence-electron chi connectivity index (χ1n) is 6.76. The van der Waals surface area contributed by atoms with Gasteiger partial charge in [0, 0.05) is 5.57 Å². The number of fused-ring (bicyclic) bond motifs is 1. The topological polar surface area (TPSA) is 84.0 Å². The molecule has 9 heteroatoms. The van der Waals surface area contributed by atoms with Crippen molar-refractivity contribution in [2.75, 3.05) is 5.32 Å². The lowest BCUT2D eigenvalue weighted by Gasteiger charge is -2.08. The molecule has 2 amide bonds. The van der Waals surface area contributed by atoms with Crippen LogP contribution in [0.3, 0.4) is 0 Å². The Bertz CT molecular complexity index is 979. The average molecular weight is 379 g/mol. The van der Waals surface area contributed by atoms with E-state index in [2.05, 4.69) is 20.6 Å². The van der Waals surface area contributed by atoms with Crippen molar-refractivity contribution in [1.82, 2.24) is 15.3 Å². The fraction of sp³-hybridized carbons (Fsp3) is 0.0667. The third-order valence-electron chi connectivity index (χ3n) is 3.48. The van der Waals surface area contributed by atoms with E-state index in [1.54, 1.807) is 18.3 Å². The highest BCUT2D eigenvalue weighted by molar-refractivity contribution is 7.17. The highest BCUT2D eigenvalue weighted by atomic mass is 35.5. The summed E-state index contributed by atoms with van der Waals surface area (Å²) in [6.45, 7) is 1.61. The highest BCUT2D eigenvalue weighted by Gasteiger charge is 2.28. The van der Waals surface area contributed by atoms with Gasteiger partial charge in [0.1, 0.15) is 16.3 Å². The van der Waals surface area contributed by atoms with Gasteiger partial charge in [0.15, 0.2) is 5.82 Å². The molecule has 0 fully saturated rings. The molecule has 3 aromatic rings. The van der Waals surface area contributed by atoms with Gasteiger partial charge in [0.2, 0.25) is 0 Å². The molecule has 3 aromatic heterocycles. The van der Waals surface area contributed by atoms with Crippen molar-refractivity contribution >= 4 is 62.9 Å². The van der Waals surface area contributed by atoms with Crippen molar-refractivity contribution in [3.8, 4) is 10.7 Å². The first-order chi connectivity index (χ1) is 11.1. The number of carbonyl (C=O) groups is 2. The van der Waals surface area contributed by atoms with Crippen LogP contribution in [0.1, 0.15) is 6.92 Å². The normalized spacial score (nSPS) is 14.0. The summed E-state index contributed by atoms with van der Waals surface area (Å²) in [4.78, 5) is 34.4. The van der Waals surface area contributed by atoms with Crippen LogP contribution in [0.4, 0.5) is 5.82 Å². The van der Waals surface area contributed by atoms with Crippen LogP contribution in [-0.4, -0.2) is 21.8 Å². The zero-order chi connectivity index (χ0) is 16.0. The summed E-state index contributed by atoms with van der Waals surface area (Å²) in [7, 11) is 0. The largest absolute Gasteiger partial charge is 0.335 e. The van der Waals surface area contributed by atoms with E-state index in [-0.39, 0.29) is 24.0 Å². The molecule has 1 aliphatic heterocycles. The number of nitrogens with one attached hydrogen (secondary N) is 2. The number of nitrogens with zero attached hydrogens (tertiary/aromatic N) is 2. The number of amides is 2. The summed E-state index contributed by atoms with van der Waals surface area (Å²) in [5.41, 5.74) is 0.591. The molecule has 122 valence electrons. The Balaban J connectivity index is 0.00000169. The SMILES string of the molecule is CC1=C(Nc2nc(-c3cccs3)nc3sccc23)C(=O)NC1=O.Cl. The number of halogens is 1. The molecule has 0 aliphatic carbocycles. The Morgan fingerprint density at radius 1 is 1.08 bits per heavy atom.